The summed E-state index contributed by atoms with van der Waals surface area (Å²) in [5.41, 5.74) is 1.33. The Kier molecular flexibility index (Phi) is 8.44. The third-order valence-electron chi connectivity index (χ3n) is 5.30. The molecule has 9 heteroatoms. The molecule has 32 heavy (non-hydrogen) atoms. The van der Waals surface area contributed by atoms with Crippen LogP contribution in [0.25, 0.3) is 0 Å². The maximum absolute atomic E-state index is 13.0. The van der Waals surface area contributed by atoms with E-state index in [-0.39, 0.29) is 24.3 Å². The zero-order chi connectivity index (χ0) is 23.3. The van der Waals surface area contributed by atoms with Crippen molar-refractivity contribution < 1.29 is 17.9 Å². The predicted molar refractivity (Wildman–Crippen MR) is 127 cm³/mol. The number of sulfonamides is 1. The van der Waals surface area contributed by atoms with Gasteiger partial charge in [-0.25, -0.2) is 12.7 Å². The summed E-state index contributed by atoms with van der Waals surface area (Å²) in [6.07, 6.45) is 1.36. The number of hydrogen-bond donors (Lipinski definition) is 1. The Bertz CT molecular complexity index is 1020. The van der Waals surface area contributed by atoms with E-state index < -0.39 is 15.9 Å². The first-order valence-electron chi connectivity index (χ1n) is 10.6. The van der Waals surface area contributed by atoms with Gasteiger partial charge in [0.2, 0.25) is 15.9 Å². The number of nitrogens with one attached hydrogen (secondary N) is 1. The molecule has 0 spiro atoms. The topological polar surface area (TPSA) is 75.7 Å². The van der Waals surface area contributed by atoms with Gasteiger partial charge in [0.05, 0.1) is 17.8 Å². The second-order valence-electron chi connectivity index (χ2n) is 8.18. The summed E-state index contributed by atoms with van der Waals surface area (Å²) in [6.45, 7) is 4.83. The van der Waals surface area contributed by atoms with Gasteiger partial charge in [0.1, 0.15) is 5.75 Å². The fraction of sp³-hybridized carbons (Fsp3) is 0.435. The molecule has 0 saturated carbocycles. The minimum Gasteiger partial charge on any atom is -0.491 e. The van der Waals surface area contributed by atoms with Crippen LogP contribution in [0.2, 0.25) is 10.0 Å². The van der Waals surface area contributed by atoms with Crippen LogP contribution in [-0.4, -0.2) is 37.8 Å². The van der Waals surface area contributed by atoms with Crippen LogP contribution in [0.4, 0.5) is 0 Å². The van der Waals surface area contributed by atoms with Crippen molar-refractivity contribution in [3.63, 3.8) is 0 Å². The fourth-order valence-electron chi connectivity index (χ4n) is 3.64. The summed E-state index contributed by atoms with van der Waals surface area (Å²) >= 11 is 12.3. The third-order valence-corrected chi connectivity index (χ3v) is 7.78. The summed E-state index contributed by atoms with van der Waals surface area (Å²) in [7, 11) is -3.66. The Balaban J connectivity index is 1.58. The van der Waals surface area contributed by atoms with Gasteiger partial charge in [0.25, 0.3) is 0 Å². The Morgan fingerprint density at radius 3 is 2.44 bits per heavy atom. The van der Waals surface area contributed by atoms with E-state index in [0.29, 0.717) is 41.5 Å². The highest BCUT2D eigenvalue weighted by Crippen LogP contribution is 2.29. The van der Waals surface area contributed by atoms with Crippen LogP contribution in [0.5, 0.6) is 5.75 Å². The molecule has 0 radical (unpaired) electrons. The van der Waals surface area contributed by atoms with E-state index in [0.717, 1.165) is 11.3 Å². The van der Waals surface area contributed by atoms with Crippen molar-refractivity contribution in [1.82, 2.24) is 9.62 Å². The Labute approximate surface area is 199 Å². The van der Waals surface area contributed by atoms with Gasteiger partial charge in [-0.2, -0.15) is 0 Å². The normalized spacial score (nSPS) is 17.3. The van der Waals surface area contributed by atoms with E-state index in [2.05, 4.69) is 5.32 Å². The lowest BCUT2D eigenvalue weighted by molar-refractivity contribution is -0.126. The molecule has 0 aliphatic carbocycles. The van der Waals surface area contributed by atoms with Crippen LogP contribution in [0.15, 0.2) is 42.5 Å². The highest BCUT2D eigenvalue weighted by molar-refractivity contribution is 7.88. The van der Waals surface area contributed by atoms with Gasteiger partial charge in [0.15, 0.2) is 0 Å². The molecule has 1 amide bonds. The molecular formula is C23H28Cl2N2O4S. The van der Waals surface area contributed by atoms with Crippen LogP contribution in [0.3, 0.4) is 0 Å². The number of halogens is 2. The largest absolute Gasteiger partial charge is 0.491 e. The molecule has 0 aromatic heterocycles. The van der Waals surface area contributed by atoms with Gasteiger partial charge >= 0.3 is 0 Å². The van der Waals surface area contributed by atoms with Crippen molar-refractivity contribution in [2.45, 2.75) is 45.1 Å². The molecular weight excluding hydrogens is 471 g/mol. The first-order chi connectivity index (χ1) is 15.2. The van der Waals surface area contributed by atoms with Crippen molar-refractivity contribution in [1.29, 1.82) is 0 Å². The van der Waals surface area contributed by atoms with Gasteiger partial charge in [-0.3, -0.25) is 4.79 Å². The van der Waals surface area contributed by atoms with Gasteiger partial charge in [-0.05, 0) is 56.5 Å². The van der Waals surface area contributed by atoms with Crippen molar-refractivity contribution in [2.24, 2.45) is 5.92 Å². The molecule has 1 saturated heterocycles. The standard InChI is InChI=1S/C23H28Cl2N2O4S/c1-16(2)31-19-10-8-17(9-11-19)13-26-23(28)18-5-4-12-27(14-18)32(29,30)15-20-21(24)6-3-7-22(20)25/h3,6-11,16,18H,4-5,12-15H2,1-2H3,(H,26,28). The molecule has 1 heterocycles. The average molecular weight is 499 g/mol. The summed E-state index contributed by atoms with van der Waals surface area (Å²) in [6, 6.07) is 12.5. The van der Waals surface area contributed by atoms with Crippen LogP contribution in [0, 0.1) is 5.92 Å². The summed E-state index contributed by atoms with van der Waals surface area (Å²) in [4.78, 5) is 12.7. The molecule has 2 aromatic rings. The van der Waals surface area contributed by atoms with Crippen LogP contribution < -0.4 is 10.1 Å². The minimum atomic E-state index is -3.66. The lowest BCUT2D eigenvalue weighted by atomic mass is 9.99. The highest BCUT2D eigenvalue weighted by atomic mass is 35.5. The number of benzene rings is 2. The Hall–Kier alpha value is -1.80. The highest BCUT2D eigenvalue weighted by Gasteiger charge is 2.33. The third kappa shape index (κ3) is 6.61. The summed E-state index contributed by atoms with van der Waals surface area (Å²) in [5.74, 6) is -0.0567. The number of piperidine rings is 1. The zero-order valence-electron chi connectivity index (χ0n) is 18.2. The van der Waals surface area contributed by atoms with E-state index in [1.54, 1.807) is 18.2 Å². The van der Waals surface area contributed by atoms with E-state index in [4.69, 9.17) is 27.9 Å². The molecule has 1 atom stereocenters. The number of rotatable bonds is 8. The quantitative estimate of drug-likeness (QED) is 0.575. The van der Waals surface area contributed by atoms with Gasteiger partial charge in [-0.1, -0.05) is 41.4 Å². The number of ether oxygens (including phenoxy) is 1. The smallest absolute Gasteiger partial charge is 0.224 e. The van der Waals surface area contributed by atoms with Crippen molar-refractivity contribution in [3.8, 4) is 5.75 Å². The van der Waals surface area contributed by atoms with E-state index in [1.165, 1.54) is 4.31 Å². The minimum absolute atomic E-state index is 0.0972. The van der Waals surface area contributed by atoms with Crippen molar-refractivity contribution in [3.05, 3.63) is 63.6 Å². The molecule has 174 valence electrons. The predicted octanol–water partition coefficient (Wildman–Crippen LogP) is 4.64. The van der Waals surface area contributed by atoms with Gasteiger partial charge < -0.3 is 10.1 Å². The van der Waals surface area contributed by atoms with Gasteiger partial charge in [0, 0.05) is 35.2 Å². The number of hydrogen-bond acceptors (Lipinski definition) is 4. The number of nitrogens with zero attached hydrogens (tertiary/aromatic N) is 1. The monoisotopic (exact) mass is 498 g/mol. The molecule has 1 fully saturated rings. The Morgan fingerprint density at radius 2 is 1.81 bits per heavy atom. The molecule has 6 nitrogen and oxygen atoms in total. The molecule has 3 rings (SSSR count). The van der Waals surface area contributed by atoms with E-state index >= 15 is 0 Å². The second-order valence-corrected chi connectivity index (χ2v) is 11.0. The summed E-state index contributed by atoms with van der Waals surface area (Å²) in [5, 5.41) is 3.56. The maximum atomic E-state index is 13.0. The molecule has 1 N–H and O–H groups in total. The lowest BCUT2D eigenvalue weighted by Crippen LogP contribution is -2.45. The number of carbonyl (C=O) groups excluding carboxylic acids is 1. The van der Waals surface area contributed by atoms with Crippen molar-refractivity contribution >= 4 is 39.1 Å². The first-order valence-corrected chi connectivity index (χ1v) is 13.0. The van der Waals surface area contributed by atoms with Crippen LogP contribution in [-0.2, 0) is 27.1 Å². The number of carbonyl (C=O) groups is 1. The van der Waals surface area contributed by atoms with E-state index in [9.17, 15) is 13.2 Å². The molecule has 1 unspecified atom stereocenters. The maximum Gasteiger partial charge on any atom is 0.224 e. The Morgan fingerprint density at radius 1 is 1.16 bits per heavy atom. The van der Waals surface area contributed by atoms with Crippen LogP contribution >= 0.6 is 23.2 Å². The first kappa shape index (κ1) is 24.8. The summed E-state index contributed by atoms with van der Waals surface area (Å²) < 4.78 is 33.0. The molecule has 1 aliphatic heterocycles. The average Bonchev–Trinajstić information content (AvgIpc) is 2.75. The van der Waals surface area contributed by atoms with Crippen LogP contribution in [0.1, 0.15) is 37.8 Å². The SMILES string of the molecule is CC(C)Oc1ccc(CNC(=O)C2CCCN(S(=O)(=O)Cc3c(Cl)cccc3Cl)C2)cc1. The lowest BCUT2D eigenvalue weighted by Gasteiger charge is -2.31. The van der Waals surface area contributed by atoms with Crippen molar-refractivity contribution in [2.75, 3.05) is 13.1 Å². The molecule has 0 bridgehead atoms. The second kappa shape index (κ2) is 10.9. The fourth-order valence-corrected chi connectivity index (χ4v) is 6.01. The molecule has 1 aliphatic rings. The van der Waals surface area contributed by atoms with E-state index in [1.807, 2.05) is 38.1 Å². The zero-order valence-corrected chi connectivity index (χ0v) is 20.5. The molecule has 2 aromatic carbocycles. The number of amides is 1. The van der Waals surface area contributed by atoms with Gasteiger partial charge in [-0.15, -0.1) is 0 Å².